The summed E-state index contributed by atoms with van der Waals surface area (Å²) in [5, 5.41) is 6.88. The molecule has 0 saturated heterocycles. The van der Waals surface area contributed by atoms with E-state index in [2.05, 4.69) is 20.4 Å². The molecule has 0 saturated carbocycles. The topological polar surface area (TPSA) is 94.7 Å². The number of rotatable bonds is 5. The van der Waals surface area contributed by atoms with Crippen molar-refractivity contribution in [3.63, 3.8) is 0 Å². The van der Waals surface area contributed by atoms with Crippen LogP contribution >= 0.6 is 0 Å². The lowest BCUT2D eigenvalue weighted by molar-refractivity contribution is -0.121. The van der Waals surface area contributed by atoms with Crippen molar-refractivity contribution in [1.29, 1.82) is 0 Å². The second-order valence-electron chi connectivity index (χ2n) is 5.73. The lowest BCUT2D eigenvalue weighted by atomic mass is 10.2. The molecule has 8 heteroatoms. The highest BCUT2D eigenvalue weighted by molar-refractivity contribution is 5.75. The number of hydrogen-bond acceptors (Lipinski definition) is 5. The van der Waals surface area contributed by atoms with E-state index in [0.29, 0.717) is 12.2 Å². The van der Waals surface area contributed by atoms with Crippen molar-refractivity contribution in [2.75, 3.05) is 0 Å². The molecule has 3 aromatic heterocycles. The van der Waals surface area contributed by atoms with Crippen LogP contribution in [0.4, 0.5) is 0 Å². The van der Waals surface area contributed by atoms with E-state index < -0.39 is 0 Å². The first-order chi connectivity index (χ1) is 12.0. The van der Waals surface area contributed by atoms with Crippen LogP contribution in [0.3, 0.4) is 0 Å². The van der Waals surface area contributed by atoms with E-state index in [1.54, 1.807) is 24.0 Å². The molecular weight excluding hydrogens is 320 g/mol. The third-order valence-corrected chi connectivity index (χ3v) is 3.65. The van der Waals surface area contributed by atoms with Gasteiger partial charge in [0, 0.05) is 43.3 Å². The third-order valence-electron chi connectivity index (χ3n) is 3.65. The SMILES string of the molecule is Cc1cc(=O)n(CC(=O)NCc2ccc(-c3cnn(C)c3)nc2)cn1. The minimum Gasteiger partial charge on any atom is -0.350 e. The Balaban J connectivity index is 1.57. The van der Waals surface area contributed by atoms with Crippen LogP contribution in [0.15, 0.2) is 47.9 Å². The summed E-state index contributed by atoms with van der Waals surface area (Å²) in [5.74, 6) is -0.260. The van der Waals surface area contributed by atoms with Crippen molar-refractivity contribution < 1.29 is 4.79 Å². The van der Waals surface area contributed by atoms with Gasteiger partial charge in [-0.1, -0.05) is 6.07 Å². The maximum atomic E-state index is 12.0. The Hall–Kier alpha value is -3.29. The predicted molar refractivity (Wildman–Crippen MR) is 91.5 cm³/mol. The van der Waals surface area contributed by atoms with Gasteiger partial charge in [-0.3, -0.25) is 23.8 Å². The zero-order valence-corrected chi connectivity index (χ0v) is 14.0. The molecule has 3 rings (SSSR count). The van der Waals surface area contributed by atoms with Gasteiger partial charge in [0.2, 0.25) is 5.91 Å². The normalized spacial score (nSPS) is 10.6. The molecule has 0 aliphatic rings. The van der Waals surface area contributed by atoms with Crippen LogP contribution in [-0.4, -0.2) is 30.2 Å². The molecule has 0 aliphatic heterocycles. The molecule has 0 aliphatic carbocycles. The summed E-state index contributed by atoms with van der Waals surface area (Å²) in [4.78, 5) is 32.1. The zero-order chi connectivity index (χ0) is 17.8. The molecule has 0 radical (unpaired) electrons. The average molecular weight is 338 g/mol. The Bertz CT molecular complexity index is 942. The molecule has 3 heterocycles. The standard InChI is InChI=1S/C17H18N6O2/c1-12-5-17(25)23(11-20-12)10-16(24)19-7-13-3-4-15(18-6-13)14-8-21-22(2)9-14/h3-6,8-9,11H,7,10H2,1-2H3,(H,19,24). The van der Waals surface area contributed by atoms with E-state index in [-0.39, 0.29) is 18.0 Å². The summed E-state index contributed by atoms with van der Waals surface area (Å²) in [7, 11) is 1.85. The average Bonchev–Trinajstić information content (AvgIpc) is 3.02. The van der Waals surface area contributed by atoms with Gasteiger partial charge in [0.15, 0.2) is 0 Å². The van der Waals surface area contributed by atoms with Gasteiger partial charge in [0.05, 0.1) is 18.2 Å². The van der Waals surface area contributed by atoms with Gasteiger partial charge in [-0.25, -0.2) is 4.98 Å². The Kier molecular flexibility index (Phi) is 4.69. The maximum absolute atomic E-state index is 12.0. The lowest BCUT2D eigenvalue weighted by Gasteiger charge is -2.07. The quantitative estimate of drug-likeness (QED) is 0.737. The van der Waals surface area contributed by atoms with Crippen molar-refractivity contribution in [3.05, 3.63) is 64.7 Å². The van der Waals surface area contributed by atoms with Gasteiger partial charge < -0.3 is 5.32 Å². The van der Waals surface area contributed by atoms with E-state index in [4.69, 9.17) is 0 Å². The Labute approximate surface area is 144 Å². The summed E-state index contributed by atoms with van der Waals surface area (Å²) in [5.41, 5.74) is 3.01. The zero-order valence-electron chi connectivity index (χ0n) is 14.0. The summed E-state index contributed by atoms with van der Waals surface area (Å²) in [6.45, 7) is 2.01. The summed E-state index contributed by atoms with van der Waals surface area (Å²) < 4.78 is 2.99. The molecule has 8 nitrogen and oxygen atoms in total. The number of amides is 1. The Morgan fingerprint density at radius 1 is 1.24 bits per heavy atom. The molecule has 0 atom stereocenters. The van der Waals surface area contributed by atoms with Crippen molar-refractivity contribution in [1.82, 2.24) is 29.6 Å². The van der Waals surface area contributed by atoms with E-state index in [9.17, 15) is 9.59 Å². The summed E-state index contributed by atoms with van der Waals surface area (Å²) in [6, 6.07) is 5.18. The Morgan fingerprint density at radius 3 is 2.72 bits per heavy atom. The van der Waals surface area contributed by atoms with Crippen LogP contribution in [-0.2, 0) is 24.9 Å². The highest BCUT2D eigenvalue weighted by Crippen LogP contribution is 2.15. The second-order valence-corrected chi connectivity index (χ2v) is 5.73. The molecule has 0 spiro atoms. The van der Waals surface area contributed by atoms with Crippen LogP contribution in [0, 0.1) is 6.92 Å². The monoisotopic (exact) mass is 338 g/mol. The van der Waals surface area contributed by atoms with Crippen molar-refractivity contribution >= 4 is 5.91 Å². The third kappa shape index (κ3) is 4.17. The Morgan fingerprint density at radius 2 is 2.08 bits per heavy atom. The first-order valence-corrected chi connectivity index (χ1v) is 7.75. The highest BCUT2D eigenvalue weighted by Gasteiger charge is 2.06. The molecule has 1 N–H and O–H groups in total. The first kappa shape index (κ1) is 16.6. The smallest absolute Gasteiger partial charge is 0.253 e. The number of aryl methyl sites for hydroxylation is 2. The van der Waals surface area contributed by atoms with Crippen molar-refractivity contribution in [3.8, 4) is 11.3 Å². The van der Waals surface area contributed by atoms with E-state index >= 15 is 0 Å². The van der Waals surface area contributed by atoms with Crippen LogP contribution in [0.5, 0.6) is 0 Å². The molecule has 0 unspecified atom stereocenters. The predicted octanol–water partition coefficient (Wildman–Crippen LogP) is 0.664. The number of nitrogens with one attached hydrogen (secondary N) is 1. The number of pyridine rings is 1. The maximum Gasteiger partial charge on any atom is 0.253 e. The van der Waals surface area contributed by atoms with Crippen molar-refractivity contribution in [2.24, 2.45) is 7.05 Å². The van der Waals surface area contributed by atoms with Crippen molar-refractivity contribution in [2.45, 2.75) is 20.0 Å². The summed E-state index contributed by atoms with van der Waals surface area (Å²) in [6.07, 6.45) is 6.72. The molecular formula is C17H18N6O2. The largest absolute Gasteiger partial charge is 0.350 e. The van der Waals surface area contributed by atoms with Gasteiger partial charge in [-0.2, -0.15) is 5.10 Å². The van der Waals surface area contributed by atoms with Crippen LogP contribution in [0.1, 0.15) is 11.3 Å². The molecule has 3 aromatic rings. The van der Waals surface area contributed by atoms with Crippen LogP contribution in [0.25, 0.3) is 11.3 Å². The molecule has 0 fully saturated rings. The fraction of sp³-hybridized carbons (Fsp3) is 0.235. The van der Waals surface area contributed by atoms with Crippen LogP contribution in [0.2, 0.25) is 0 Å². The van der Waals surface area contributed by atoms with E-state index in [1.165, 1.54) is 17.0 Å². The van der Waals surface area contributed by atoms with E-state index in [0.717, 1.165) is 16.8 Å². The van der Waals surface area contributed by atoms with Gasteiger partial charge in [-0.15, -0.1) is 0 Å². The number of carbonyl (C=O) groups excluding carboxylic acids is 1. The van der Waals surface area contributed by atoms with Gasteiger partial charge in [0.1, 0.15) is 6.54 Å². The highest BCUT2D eigenvalue weighted by atomic mass is 16.2. The number of hydrogen-bond donors (Lipinski definition) is 1. The van der Waals surface area contributed by atoms with Gasteiger partial charge in [-0.05, 0) is 18.6 Å². The molecule has 128 valence electrons. The molecule has 0 bridgehead atoms. The van der Waals surface area contributed by atoms with Gasteiger partial charge >= 0.3 is 0 Å². The van der Waals surface area contributed by atoms with Crippen LogP contribution < -0.4 is 10.9 Å². The second kappa shape index (κ2) is 7.08. The minimum absolute atomic E-state index is 0.0622. The van der Waals surface area contributed by atoms with Gasteiger partial charge in [0.25, 0.3) is 5.56 Å². The lowest BCUT2D eigenvalue weighted by Crippen LogP contribution is -2.32. The molecule has 1 amide bonds. The number of aromatic nitrogens is 5. The minimum atomic E-state index is -0.260. The fourth-order valence-electron chi connectivity index (χ4n) is 2.30. The molecule has 25 heavy (non-hydrogen) atoms. The number of nitrogens with zero attached hydrogens (tertiary/aromatic N) is 5. The molecule has 0 aromatic carbocycles. The number of carbonyl (C=O) groups is 1. The fourth-order valence-corrected chi connectivity index (χ4v) is 2.30. The summed E-state index contributed by atoms with van der Waals surface area (Å²) >= 11 is 0. The first-order valence-electron chi connectivity index (χ1n) is 7.75. The van der Waals surface area contributed by atoms with E-state index in [1.807, 2.05) is 25.4 Å².